The van der Waals surface area contributed by atoms with Crippen molar-refractivity contribution in [2.75, 3.05) is 7.11 Å². The number of aryl methyl sites for hydroxylation is 1. The predicted octanol–water partition coefficient (Wildman–Crippen LogP) is 3.23. The molecule has 0 saturated carbocycles. The van der Waals surface area contributed by atoms with Crippen LogP contribution < -0.4 is 0 Å². The van der Waals surface area contributed by atoms with Crippen LogP contribution in [-0.4, -0.2) is 13.1 Å². The van der Waals surface area contributed by atoms with E-state index in [4.69, 9.17) is 11.6 Å². The van der Waals surface area contributed by atoms with Gasteiger partial charge in [-0.3, -0.25) is 0 Å². The van der Waals surface area contributed by atoms with E-state index in [0.29, 0.717) is 5.02 Å². The predicted molar refractivity (Wildman–Crippen MR) is 64.4 cm³/mol. The molecule has 0 amide bonds. The Morgan fingerprint density at radius 1 is 1.44 bits per heavy atom. The largest absolute Gasteiger partial charge is 0.466 e. The molecule has 0 unspecified atom stereocenters. The number of hydrogen-bond donors (Lipinski definition) is 0. The minimum atomic E-state index is -0.303. The fourth-order valence-corrected chi connectivity index (χ4v) is 2.19. The Morgan fingerprint density at radius 3 is 3.00 bits per heavy atom. The molecule has 0 aromatic heterocycles. The summed E-state index contributed by atoms with van der Waals surface area (Å²) < 4.78 is 4.65. The SMILES string of the molecule is COC(=O)/C=C1/CCCc2ccc(Cl)cc21. The molecule has 2 nitrogen and oxygen atoms in total. The summed E-state index contributed by atoms with van der Waals surface area (Å²) in [5.41, 5.74) is 3.37. The number of halogens is 1. The van der Waals surface area contributed by atoms with Gasteiger partial charge in [0.25, 0.3) is 0 Å². The number of fused-ring (bicyclic) bond motifs is 1. The van der Waals surface area contributed by atoms with Gasteiger partial charge in [-0.25, -0.2) is 4.79 Å². The number of ether oxygens (including phenoxy) is 1. The summed E-state index contributed by atoms with van der Waals surface area (Å²) in [6.45, 7) is 0. The van der Waals surface area contributed by atoms with Crippen molar-refractivity contribution in [1.82, 2.24) is 0 Å². The van der Waals surface area contributed by atoms with Crippen molar-refractivity contribution in [2.45, 2.75) is 19.3 Å². The number of hydrogen-bond acceptors (Lipinski definition) is 2. The van der Waals surface area contributed by atoms with Gasteiger partial charge in [0.1, 0.15) is 0 Å². The minimum Gasteiger partial charge on any atom is -0.466 e. The molecular weight excluding hydrogens is 224 g/mol. The smallest absolute Gasteiger partial charge is 0.330 e. The molecule has 0 saturated heterocycles. The van der Waals surface area contributed by atoms with Gasteiger partial charge < -0.3 is 4.74 Å². The standard InChI is InChI=1S/C13H13ClO2/c1-16-13(15)7-10-4-2-3-9-5-6-11(14)8-12(9)10/h5-8H,2-4H2,1H3/b10-7-. The number of methoxy groups -OCH3 is 1. The molecule has 1 aliphatic rings. The molecule has 1 aromatic carbocycles. The van der Waals surface area contributed by atoms with Crippen molar-refractivity contribution in [1.29, 1.82) is 0 Å². The first-order chi connectivity index (χ1) is 7.70. The minimum absolute atomic E-state index is 0.303. The third-order valence-electron chi connectivity index (χ3n) is 2.80. The number of benzene rings is 1. The number of carbonyl (C=O) groups is 1. The van der Waals surface area contributed by atoms with E-state index in [0.717, 1.165) is 30.4 Å². The molecule has 1 aliphatic carbocycles. The molecule has 84 valence electrons. The van der Waals surface area contributed by atoms with Crippen molar-refractivity contribution < 1.29 is 9.53 Å². The van der Waals surface area contributed by atoms with Crippen molar-refractivity contribution in [3.05, 3.63) is 40.4 Å². The lowest BCUT2D eigenvalue weighted by Crippen LogP contribution is -2.04. The Bertz CT molecular complexity index is 449. The Morgan fingerprint density at radius 2 is 2.25 bits per heavy atom. The average Bonchev–Trinajstić information content (AvgIpc) is 2.29. The Kier molecular flexibility index (Phi) is 3.30. The summed E-state index contributed by atoms with van der Waals surface area (Å²) in [5.74, 6) is -0.303. The highest BCUT2D eigenvalue weighted by molar-refractivity contribution is 6.30. The normalized spacial score (nSPS) is 17.0. The molecule has 0 atom stereocenters. The van der Waals surface area contributed by atoms with E-state index in [1.54, 1.807) is 6.08 Å². The molecule has 0 N–H and O–H groups in total. The zero-order valence-corrected chi connectivity index (χ0v) is 9.88. The monoisotopic (exact) mass is 236 g/mol. The highest BCUT2D eigenvalue weighted by Crippen LogP contribution is 2.32. The summed E-state index contributed by atoms with van der Waals surface area (Å²) in [4.78, 5) is 11.2. The van der Waals surface area contributed by atoms with Crippen LogP contribution >= 0.6 is 11.6 Å². The Labute approximate surface area is 99.9 Å². The molecule has 0 heterocycles. The number of carbonyl (C=O) groups excluding carboxylic acids is 1. The van der Waals surface area contributed by atoms with Gasteiger partial charge in [0, 0.05) is 11.1 Å². The van der Waals surface area contributed by atoms with Crippen LogP contribution in [0.5, 0.6) is 0 Å². The molecule has 0 aliphatic heterocycles. The lowest BCUT2D eigenvalue weighted by Gasteiger charge is -2.18. The molecule has 3 heteroatoms. The van der Waals surface area contributed by atoms with E-state index in [1.165, 1.54) is 12.7 Å². The lowest BCUT2D eigenvalue weighted by molar-refractivity contribution is -0.134. The van der Waals surface area contributed by atoms with Crippen LogP contribution in [0.2, 0.25) is 5.02 Å². The van der Waals surface area contributed by atoms with Gasteiger partial charge in [-0.15, -0.1) is 0 Å². The first kappa shape index (κ1) is 11.2. The topological polar surface area (TPSA) is 26.3 Å². The summed E-state index contributed by atoms with van der Waals surface area (Å²) in [6, 6.07) is 5.84. The van der Waals surface area contributed by atoms with Crippen LogP contribution in [-0.2, 0) is 16.0 Å². The second kappa shape index (κ2) is 4.71. The van der Waals surface area contributed by atoms with Crippen molar-refractivity contribution in [3.63, 3.8) is 0 Å². The van der Waals surface area contributed by atoms with Gasteiger partial charge in [-0.2, -0.15) is 0 Å². The van der Waals surface area contributed by atoms with E-state index in [-0.39, 0.29) is 5.97 Å². The molecule has 1 aromatic rings. The van der Waals surface area contributed by atoms with Crippen LogP contribution in [0.4, 0.5) is 0 Å². The maximum Gasteiger partial charge on any atom is 0.330 e. The molecule has 0 bridgehead atoms. The number of esters is 1. The zero-order valence-electron chi connectivity index (χ0n) is 9.13. The van der Waals surface area contributed by atoms with E-state index < -0.39 is 0 Å². The van der Waals surface area contributed by atoms with Crippen LogP contribution in [0.3, 0.4) is 0 Å². The van der Waals surface area contributed by atoms with E-state index in [2.05, 4.69) is 4.74 Å². The van der Waals surface area contributed by atoms with Gasteiger partial charge in [0.2, 0.25) is 0 Å². The average molecular weight is 237 g/mol. The molecule has 2 rings (SSSR count). The van der Waals surface area contributed by atoms with Crippen molar-refractivity contribution >= 4 is 23.1 Å². The maximum atomic E-state index is 11.2. The molecular formula is C13H13ClO2. The first-order valence-corrected chi connectivity index (χ1v) is 5.66. The highest BCUT2D eigenvalue weighted by Gasteiger charge is 2.15. The summed E-state index contributed by atoms with van der Waals surface area (Å²) >= 11 is 5.97. The second-order valence-corrected chi connectivity index (χ2v) is 4.28. The van der Waals surface area contributed by atoms with Crippen LogP contribution in [0.15, 0.2) is 24.3 Å². The third kappa shape index (κ3) is 2.27. The quantitative estimate of drug-likeness (QED) is 0.553. The van der Waals surface area contributed by atoms with Crippen LogP contribution in [0, 0.1) is 0 Å². The summed E-state index contributed by atoms with van der Waals surface area (Å²) in [6.07, 6.45) is 4.58. The number of rotatable bonds is 1. The van der Waals surface area contributed by atoms with Crippen molar-refractivity contribution in [2.24, 2.45) is 0 Å². The van der Waals surface area contributed by atoms with E-state index in [1.807, 2.05) is 18.2 Å². The molecule has 0 spiro atoms. The first-order valence-electron chi connectivity index (χ1n) is 5.28. The Hall–Kier alpha value is -1.28. The zero-order chi connectivity index (χ0) is 11.5. The van der Waals surface area contributed by atoms with Gasteiger partial charge in [0.05, 0.1) is 7.11 Å². The van der Waals surface area contributed by atoms with Crippen molar-refractivity contribution in [3.8, 4) is 0 Å². The number of allylic oxidation sites excluding steroid dienone is 1. The van der Waals surface area contributed by atoms with Gasteiger partial charge in [0.15, 0.2) is 0 Å². The molecule has 0 radical (unpaired) electrons. The van der Waals surface area contributed by atoms with Gasteiger partial charge in [-0.1, -0.05) is 17.7 Å². The van der Waals surface area contributed by atoms with Crippen LogP contribution in [0.25, 0.3) is 5.57 Å². The Balaban J connectivity index is 2.43. The summed E-state index contributed by atoms with van der Waals surface area (Å²) in [7, 11) is 1.39. The summed E-state index contributed by atoms with van der Waals surface area (Å²) in [5, 5.41) is 0.705. The van der Waals surface area contributed by atoms with E-state index in [9.17, 15) is 4.79 Å². The van der Waals surface area contributed by atoms with E-state index >= 15 is 0 Å². The fourth-order valence-electron chi connectivity index (χ4n) is 2.02. The van der Waals surface area contributed by atoms with Crippen LogP contribution in [0.1, 0.15) is 24.0 Å². The van der Waals surface area contributed by atoms with Gasteiger partial charge >= 0.3 is 5.97 Å². The van der Waals surface area contributed by atoms with Gasteiger partial charge in [-0.05, 0) is 48.1 Å². The maximum absolute atomic E-state index is 11.2. The molecule has 16 heavy (non-hydrogen) atoms. The third-order valence-corrected chi connectivity index (χ3v) is 3.04. The highest BCUT2D eigenvalue weighted by atomic mass is 35.5. The fraction of sp³-hybridized carbons (Fsp3) is 0.308. The lowest BCUT2D eigenvalue weighted by atomic mass is 9.87. The second-order valence-electron chi connectivity index (χ2n) is 3.85. The molecule has 0 fully saturated rings.